The number of ether oxygens (including phenoxy) is 1. The van der Waals surface area contributed by atoms with E-state index in [1.165, 1.54) is 0 Å². The number of aliphatic hydroxyl groups is 1. The van der Waals surface area contributed by atoms with Crippen LogP contribution in [-0.4, -0.2) is 45.5 Å². The van der Waals surface area contributed by atoms with Gasteiger partial charge in [0.05, 0.1) is 19.3 Å². The lowest BCUT2D eigenvalue weighted by Gasteiger charge is -2.25. The molecule has 2 aromatic rings. The second-order valence-corrected chi connectivity index (χ2v) is 5.43. The van der Waals surface area contributed by atoms with Crippen molar-refractivity contribution in [1.29, 1.82) is 0 Å². The van der Waals surface area contributed by atoms with Gasteiger partial charge in [0.25, 0.3) is 0 Å². The number of nitrogens with zero attached hydrogens (tertiary/aromatic N) is 3. The predicted octanol–water partition coefficient (Wildman–Crippen LogP) is 1.23. The molecule has 1 aromatic carbocycles. The number of aliphatic hydroxyl groups excluding tert-OH is 1. The van der Waals surface area contributed by atoms with Gasteiger partial charge in [-0.05, 0) is 30.2 Å². The molecule has 3 rings (SSSR count). The minimum atomic E-state index is -0.502. The highest BCUT2D eigenvalue weighted by atomic mass is 16.5. The standard InChI is InChI=1S/C16H19N3O3/c1-22-14-5-2-4-12(8-14)15-9-13(20)10-19(15)16(21)11-18-7-3-6-17-18/h2-8,13,15,20H,9-11H2,1H3/t13-,15-/m1/s1. The van der Waals surface area contributed by atoms with Crippen LogP contribution in [0.3, 0.4) is 0 Å². The van der Waals surface area contributed by atoms with Crippen molar-refractivity contribution in [1.82, 2.24) is 14.7 Å². The molecule has 0 bridgehead atoms. The van der Waals surface area contributed by atoms with Crippen LogP contribution in [-0.2, 0) is 11.3 Å². The van der Waals surface area contributed by atoms with Crippen molar-refractivity contribution in [2.75, 3.05) is 13.7 Å². The van der Waals surface area contributed by atoms with Crippen molar-refractivity contribution >= 4 is 5.91 Å². The maximum absolute atomic E-state index is 12.5. The number of carbonyl (C=O) groups is 1. The minimum Gasteiger partial charge on any atom is -0.497 e. The van der Waals surface area contributed by atoms with Crippen LogP contribution in [0.15, 0.2) is 42.7 Å². The van der Waals surface area contributed by atoms with Gasteiger partial charge in [-0.1, -0.05) is 12.1 Å². The van der Waals surface area contributed by atoms with Gasteiger partial charge in [-0.3, -0.25) is 9.48 Å². The lowest BCUT2D eigenvalue weighted by molar-refractivity contribution is -0.133. The number of aromatic nitrogens is 2. The van der Waals surface area contributed by atoms with Gasteiger partial charge in [-0.15, -0.1) is 0 Å². The largest absolute Gasteiger partial charge is 0.497 e. The lowest BCUT2D eigenvalue weighted by atomic mass is 10.0. The summed E-state index contributed by atoms with van der Waals surface area (Å²) in [5, 5.41) is 14.0. The van der Waals surface area contributed by atoms with Gasteiger partial charge in [-0.25, -0.2) is 0 Å². The summed E-state index contributed by atoms with van der Waals surface area (Å²) in [5.41, 5.74) is 0.977. The number of carbonyl (C=O) groups excluding carboxylic acids is 1. The topological polar surface area (TPSA) is 67.6 Å². The van der Waals surface area contributed by atoms with Crippen LogP contribution in [0.25, 0.3) is 0 Å². The number of likely N-dealkylation sites (tertiary alicyclic amines) is 1. The number of rotatable bonds is 4. The molecule has 1 aliphatic rings. The fourth-order valence-electron chi connectivity index (χ4n) is 2.88. The molecule has 22 heavy (non-hydrogen) atoms. The number of hydrogen-bond acceptors (Lipinski definition) is 4. The molecular weight excluding hydrogens is 282 g/mol. The SMILES string of the molecule is COc1cccc([C@H]2C[C@@H](O)CN2C(=O)Cn2cccn2)c1. The molecule has 1 saturated heterocycles. The monoisotopic (exact) mass is 301 g/mol. The Morgan fingerprint density at radius 1 is 1.45 bits per heavy atom. The summed E-state index contributed by atoms with van der Waals surface area (Å²) in [5.74, 6) is 0.700. The molecule has 0 saturated carbocycles. The predicted molar refractivity (Wildman–Crippen MR) is 80.3 cm³/mol. The van der Waals surface area contributed by atoms with E-state index >= 15 is 0 Å². The molecule has 0 radical (unpaired) electrons. The van der Waals surface area contributed by atoms with E-state index in [2.05, 4.69) is 5.10 Å². The third-order valence-corrected chi connectivity index (χ3v) is 3.93. The van der Waals surface area contributed by atoms with Gasteiger partial charge >= 0.3 is 0 Å². The normalized spacial score (nSPS) is 21.1. The Morgan fingerprint density at radius 3 is 3.05 bits per heavy atom. The maximum Gasteiger partial charge on any atom is 0.244 e. The highest BCUT2D eigenvalue weighted by Gasteiger charge is 2.35. The van der Waals surface area contributed by atoms with E-state index in [-0.39, 0.29) is 18.5 Å². The van der Waals surface area contributed by atoms with Gasteiger partial charge in [-0.2, -0.15) is 5.10 Å². The summed E-state index contributed by atoms with van der Waals surface area (Å²) in [4.78, 5) is 14.2. The summed E-state index contributed by atoms with van der Waals surface area (Å²) in [6, 6.07) is 9.29. The average molecular weight is 301 g/mol. The molecule has 2 atom stereocenters. The second-order valence-electron chi connectivity index (χ2n) is 5.43. The zero-order chi connectivity index (χ0) is 15.5. The number of methoxy groups -OCH3 is 1. The van der Waals surface area contributed by atoms with Crippen molar-refractivity contribution < 1.29 is 14.6 Å². The van der Waals surface area contributed by atoms with E-state index in [4.69, 9.17) is 4.74 Å². The Morgan fingerprint density at radius 2 is 2.32 bits per heavy atom. The van der Waals surface area contributed by atoms with Crippen LogP contribution in [0.5, 0.6) is 5.75 Å². The van der Waals surface area contributed by atoms with Gasteiger partial charge in [0.2, 0.25) is 5.91 Å². The van der Waals surface area contributed by atoms with Crippen LogP contribution in [0.4, 0.5) is 0 Å². The molecule has 0 spiro atoms. The molecule has 116 valence electrons. The molecule has 1 aliphatic heterocycles. The first-order valence-corrected chi connectivity index (χ1v) is 7.26. The molecule has 1 amide bonds. The fourth-order valence-corrected chi connectivity index (χ4v) is 2.88. The van der Waals surface area contributed by atoms with Crippen molar-refractivity contribution in [3.05, 3.63) is 48.3 Å². The molecule has 6 heteroatoms. The molecule has 1 N–H and O–H groups in total. The van der Waals surface area contributed by atoms with E-state index in [0.717, 1.165) is 11.3 Å². The Bertz CT molecular complexity index is 642. The van der Waals surface area contributed by atoms with Gasteiger partial charge in [0.15, 0.2) is 0 Å². The van der Waals surface area contributed by atoms with Crippen LogP contribution >= 0.6 is 0 Å². The highest BCUT2D eigenvalue weighted by Crippen LogP contribution is 2.33. The summed E-state index contributed by atoms with van der Waals surface area (Å²) in [7, 11) is 1.61. The average Bonchev–Trinajstić information content (AvgIpc) is 3.16. The van der Waals surface area contributed by atoms with Crippen molar-refractivity contribution in [2.45, 2.75) is 25.1 Å². The molecule has 0 aliphatic carbocycles. The van der Waals surface area contributed by atoms with Gasteiger partial charge in [0, 0.05) is 18.9 Å². The van der Waals surface area contributed by atoms with E-state index in [1.807, 2.05) is 24.3 Å². The van der Waals surface area contributed by atoms with E-state index in [0.29, 0.717) is 13.0 Å². The Kier molecular flexibility index (Phi) is 4.11. The number of benzene rings is 1. The van der Waals surface area contributed by atoms with Crippen molar-refractivity contribution in [3.8, 4) is 5.75 Å². The summed E-state index contributed by atoms with van der Waals surface area (Å²) in [6.45, 7) is 0.530. The number of amides is 1. The fraction of sp³-hybridized carbons (Fsp3) is 0.375. The molecular formula is C16H19N3O3. The number of hydrogen-bond donors (Lipinski definition) is 1. The Hall–Kier alpha value is -2.34. The Labute approximate surface area is 128 Å². The van der Waals surface area contributed by atoms with Gasteiger partial charge < -0.3 is 14.7 Å². The first-order chi connectivity index (χ1) is 10.7. The zero-order valence-electron chi connectivity index (χ0n) is 12.4. The summed E-state index contributed by atoms with van der Waals surface area (Å²) >= 11 is 0. The summed E-state index contributed by atoms with van der Waals surface area (Å²) < 4.78 is 6.84. The van der Waals surface area contributed by atoms with Crippen LogP contribution in [0.2, 0.25) is 0 Å². The molecule has 0 unspecified atom stereocenters. The third-order valence-electron chi connectivity index (χ3n) is 3.93. The smallest absolute Gasteiger partial charge is 0.244 e. The lowest BCUT2D eigenvalue weighted by Crippen LogP contribution is -2.34. The van der Waals surface area contributed by atoms with Crippen LogP contribution in [0.1, 0.15) is 18.0 Å². The van der Waals surface area contributed by atoms with E-state index in [1.54, 1.807) is 35.2 Å². The third kappa shape index (κ3) is 2.96. The summed E-state index contributed by atoms with van der Waals surface area (Å²) in [6.07, 6.45) is 3.44. The van der Waals surface area contributed by atoms with Crippen molar-refractivity contribution in [2.24, 2.45) is 0 Å². The Balaban J connectivity index is 1.80. The first-order valence-electron chi connectivity index (χ1n) is 7.26. The van der Waals surface area contributed by atoms with Crippen molar-refractivity contribution in [3.63, 3.8) is 0 Å². The quantitative estimate of drug-likeness (QED) is 0.922. The minimum absolute atomic E-state index is 0.0481. The van der Waals surface area contributed by atoms with E-state index < -0.39 is 6.10 Å². The number of β-amino-alcohol motifs (C(OH)–C–C–N with tert-alkyl or cyclic N) is 1. The first kappa shape index (κ1) is 14.6. The molecule has 1 fully saturated rings. The maximum atomic E-state index is 12.5. The van der Waals surface area contributed by atoms with Crippen LogP contribution in [0, 0.1) is 0 Å². The second kappa shape index (κ2) is 6.19. The van der Waals surface area contributed by atoms with Gasteiger partial charge in [0.1, 0.15) is 12.3 Å². The van der Waals surface area contributed by atoms with E-state index in [9.17, 15) is 9.90 Å². The molecule has 1 aromatic heterocycles. The molecule has 6 nitrogen and oxygen atoms in total. The highest BCUT2D eigenvalue weighted by molar-refractivity contribution is 5.77. The zero-order valence-corrected chi connectivity index (χ0v) is 12.4. The van der Waals surface area contributed by atoms with Crippen LogP contribution < -0.4 is 4.74 Å². The molecule has 2 heterocycles.